The van der Waals surface area contributed by atoms with E-state index in [4.69, 9.17) is 4.74 Å². The molecular weight excluding hydrogens is 373 g/mol. The number of likely N-dealkylation sites (tertiary alicyclic amines) is 1. The number of fused-ring (bicyclic) bond motifs is 3. The van der Waals surface area contributed by atoms with Gasteiger partial charge in [-0.2, -0.15) is 0 Å². The summed E-state index contributed by atoms with van der Waals surface area (Å²) < 4.78 is 6.23. The number of halogens is 2. The predicted molar refractivity (Wildman–Crippen MR) is 112 cm³/mol. The van der Waals surface area contributed by atoms with Gasteiger partial charge < -0.3 is 19.5 Å². The van der Waals surface area contributed by atoms with Crippen LogP contribution in [-0.2, 0) is 6.42 Å². The maximum Gasteiger partial charge on any atom is 0.253 e. The topological polar surface area (TPSA) is 48.6 Å². The lowest BCUT2D eigenvalue weighted by molar-refractivity contribution is 0.114. The molecule has 0 radical (unpaired) electrons. The minimum absolute atomic E-state index is 0. The van der Waals surface area contributed by atoms with Gasteiger partial charge in [-0.1, -0.05) is 0 Å². The van der Waals surface area contributed by atoms with E-state index in [2.05, 4.69) is 34.9 Å². The van der Waals surface area contributed by atoms with Crippen molar-refractivity contribution in [2.24, 2.45) is 0 Å². The Labute approximate surface area is 166 Å². The number of rotatable bonds is 2. The summed E-state index contributed by atoms with van der Waals surface area (Å²) >= 11 is 0. The maximum absolute atomic E-state index is 12.3. The molecular formula is C19H27Cl2N3O2. The molecule has 0 spiro atoms. The number of pyridine rings is 1. The summed E-state index contributed by atoms with van der Waals surface area (Å²) in [5.41, 5.74) is 2.93. The molecule has 0 saturated carbocycles. The van der Waals surface area contributed by atoms with Crippen LogP contribution in [0.15, 0.2) is 23.0 Å². The molecule has 7 heteroatoms. The standard InChI is InChI=1S/C19H25N3O2.2ClH/c1-21-10-7-13(8-11-21)24-14-5-6-17-16(12-14)18-15(19(23)20-17)4-3-9-22(18)2;;/h5-6,12-13H,3-4,7-11H2,1-2H3,(H,20,23);2*1H. The molecule has 5 nitrogen and oxygen atoms in total. The van der Waals surface area contributed by atoms with E-state index in [-0.39, 0.29) is 36.5 Å². The molecule has 2 aliphatic rings. The van der Waals surface area contributed by atoms with Gasteiger partial charge in [0.2, 0.25) is 0 Å². The Morgan fingerprint density at radius 3 is 2.58 bits per heavy atom. The molecule has 144 valence electrons. The Kier molecular flexibility index (Phi) is 6.83. The lowest BCUT2D eigenvalue weighted by atomic mass is 10.00. The van der Waals surface area contributed by atoms with Gasteiger partial charge in [-0.25, -0.2) is 0 Å². The van der Waals surface area contributed by atoms with Crippen LogP contribution in [0.1, 0.15) is 24.8 Å². The van der Waals surface area contributed by atoms with Crippen LogP contribution in [0.2, 0.25) is 0 Å². The second-order valence-corrected chi connectivity index (χ2v) is 7.13. The van der Waals surface area contributed by atoms with Crippen LogP contribution in [0.5, 0.6) is 5.75 Å². The Bertz CT molecular complexity index is 816. The molecule has 4 rings (SSSR count). The number of H-pyrrole nitrogens is 1. The van der Waals surface area contributed by atoms with Crippen LogP contribution in [0, 0.1) is 0 Å². The third-order valence-corrected chi connectivity index (χ3v) is 5.32. The van der Waals surface area contributed by atoms with Crippen molar-refractivity contribution in [2.45, 2.75) is 31.8 Å². The van der Waals surface area contributed by atoms with Crippen molar-refractivity contribution in [3.8, 4) is 5.75 Å². The van der Waals surface area contributed by atoms with E-state index >= 15 is 0 Å². The monoisotopic (exact) mass is 399 g/mol. The molecule has 0 aliphatic carbocycles. The average Bonchev–Trinajstić information content (AvgIpc) is 2.58. The molecule has 26 heavy (non-hydrogen) atoms. The van der Waals surface area contributed by atoms with E-state index in [9.17, 15) is 4.79 Å². The van der Waals surface area contributed by atoms with E-state index in [1.165, 1.54) is 0 Å². The zero-order valence-corrected chi connectivity index (χ0v) is 16.9. The molecule has 1 aromatic heterocycles. The number of aromatic nitrogens is 1. The van der Waals surface area contributed by atoms with Crippen molar-refractivity contribution in [1.29, 1.82) is 0 Å². The molecule has 0 atom stereocenters. The second kappa shape index (κ2) is 8.51. The molecule has 2 aliphatic heterocycles. The minimum atomic E-state index is 0. The smallest absolute Gasteiger partial charge is 0.253 e. The highest BCUT2D eigenvalue weighted by atomic mass is 35.5. The normalized spacial score (nSPS) is 18.0. The van der Waals surface area contributed by atoms with E-state index < -0.39 is 0 Å². The van der Waals surface area contributed by atoms with Gasteiger partial charge in [0.25, 0.3) is 5.56 Å². The van der Waals surface area contributed by atoms with Gasteiger partial charge in [0.1, 0.15) is 11.9 Å². The van der Waals surface area contributed by atoms with Gasteiger partial charge in [-0.15, -0.1) is 24.8 Å². The van der Waals surface area contributed by atoms with Crippen LogP contribution < -0.4 is 15.2 Å². The Morgan fingerprint density at radius 1 is 1.12 bits per heavy atom. The number of hydrogen-bond donors (Lipinski definition) is 1. The predicted octanol–water partition coefficient (Wildman–Crippen LogP) is 3.23. The Balaban J connectivity index is 0.00000121. The number of hydrogen-bond acceptors (Lipinski definition) is 4. The molecule has 0 amide bonds. The van der Waals surface area contributed by atoms with Gasteiger partial charge in [-0.05, 0) is 50.9 Å². The van der Waals surface area contributed by atoms with Crippen molar-refractivity contribution in [1.82, 2.24) is 9.88 Å². The van der Waals surface area contributed by atoms with Gasteiger partial charge in [-0.3, -0.25) is 4.79 Å². The highest BCUT2D eigenvalue weighted by Crippen LogP contribution is 2.33. The first kappa shape index (κ1) is 20.9. The van der Waals surface area contributed by atoms with Crippen molar-refractivity contribution in [3.63, 3.8) is 0 Å². The van der Waals surface area contributed by atoms with Gasteiger partial charge in [0.15, 0.2) is 0 Å². The molecule has 3 heterocycles. The summed E-state index contributed by atoms with van der Waals surface area (Å²) in [6.45, 7) is 3.17. The van der Waals surface area contributed by atoms with Gasteiger partial charge in [0.05, 0.1) is 11.2 Å². The van der Waals surface area contributed by atoms with Crippen LogP contribution in [0.4, 0.5) is 5.69 Å². The molecule has 1 fully saturated rings. The zero-order valence-electron chi connectivity index (χ0n) is 15.3. The zero-order chi connectivity index (χ0) is 16.7. The van der Waals surface area contributed by atoms with Crippen molar-refractivity contribution in [3.05, 3.63) is 34.1 Å². The van der Waals surface area contributed by atoms with Gasteiger partial charge >= 0.3 is 0 Å². The maximum atomic E-state index is 12.3. The fourth-order valence-electron chi connectivity index (χ4n) is 3.94. The molecule has 1 aromatic carbocycles. The van der Waals surface area contributed by atoms with E-state index in [0.29, 0.717) is 0 Å². The fourth-order valence-corrected chi connectivity index (χ4v) is 3.94. The van der Waals surface area contributed by atoms with E-state index in [1.54, 1.807) is 0 Å². The summed E-state index contributed by atoms with van der Waals surface area (Å²) in [6, 6.07) is 6.06. The van der Waals surface area contributed by atoms with Crippen LogP contribution >= 0.6 is 24.8 Å². The number of ether oxygens (including phenoxy) is 1. The second-order valence-electron chi connectivity index (χ2n) is 7.13. The summed E-state index contributed by atoms with van der Waals surface area (Å²) in [6.07, 6.45) is 4.31. The third kappa shape index (κ3) is 3.95. The minimum Gasteiger partial charge on any atom is -0.490 e. The molecule has 1 N–H and O–H groups in total. The molecule has 0 bridgehead atoms. The number of benzene rings is 1. The van der Waals surface area contributed by atoms with Crippen LogP contribution in [0.25, 0.3) is 10.9 Å². The van der Waals surface area contributed by atoms with Crippen LogP contribution in [0.3, 0.4) is 0 Å². The van der Waals surface area contributed by atoms with E-state index in [1.807, 2.05) is 12.1 Å². The van der Waals surface area contributed by atoms with Gasteiger partial charge in [0, 0.05) is 37.6 Å². The lowest BCUT2D eigenvalue weighted by Crippen LogP contribution is -2.35. The van der Waals surface area contributed by atoms with Crippen molar-refractivity contribution >= 4 is 41.4 Å². The SMILES string of the molecule is CN1CCC(Oc2ccc3[nH]c(=O)c4c(c3c2)N(C)CCC4)CC1.Cl.Cl. The summed E-state index contributed by atoms with van der Waals surface area (Å²) in [5, 5.41) is 1.09. The number of nitrogens with one attached hydrogen (secondary N) is 1. The van der Waals surface area contributed by atoms with Crippen molar-refractivity contribution < 1.29 is 4.74 Å². The largest absolute Gasteiger partial charge is 0.490 e. The number of piperidine rings is 1. The molecule has 1 saturated heterocycles. The number of nitrogens with zero attached hydrogens (tertiary/aromatic N) is 2. The third-order valence-electron chi connectivity index (χ3n) is 5.32. The lowest BCUT2D eigenvalue weighted by Gasteiger charge is -2.30. The Hall–Kier alpha value is -1.43. The van der Waals surface area contributed by atoms with E-state index in [0.717, 1.165) is 73.2 Å². The summed E-state index contributed by atoms with van der Waals surface area (Å²) in [7, 11) is 4.23. The Morgan fingerprint density at radius 2 is 1.85 bits per heavy atom. The first-order chi connectivity index (χ1) is 11.6. The number of anilines is 1. The first-order valence-electron chi connectivity index (χ1n) is 8.87. The fraction of sp³-hybridized carbons (Fsp3) is 0.526. The highest BCUT2D eigenvalue weighted by Gasteiger charge is 2.22. The quantitative estimate of drug-likeness (QED) is 0.841. The average molecular weight is 400 g/mol. The number of aromatic amines is 1. The molecule has 0 unspecified atom stereocenters. The summed E-state index contributed by atoms with van der Waals surface area (Å²) in [4.78, 5) is 19.9. The van der Waals surface area contributed by atoms with Crippen molar-refractivity contribution in [2.75, 3.05) is 38.6 Å². The highest BCUT2D eigenvalue weighted by molar-refractivity contribution is 5.94. The molecule has 2 aromatic rings. The van der Waals surface area contributed by atoms with Crippen LogP contribution in [-0.4, -0.2) is 49.7 Å². The first-order valence-corrected chi connectivity index (χ1v) is 8.87. The summed E-state index contributed by atoms with van der Waals surface area (Å²) in [5.74, 6) is 0.908.